The molecule has 2 heterocycles. The minimum absolute atomic E-state index is 0.119. The molecular formula is C18H14Cl2N6. The first-order valence-electron chi connectivity index (χ1n) is 7.86. The van der Waals surface area contributed by atoms with E-state index in [0.29, 0.717) is 17.2 Å². The van der Waals surface area contributed by atoms with Crippen molar-refractivity contribution in [3.8, 4) is 0 Å². The molecule has 0 saturated heterocycles. The van der Waals surface area contributed by atoms with Crippen LogP contribution in [0.2, 0.25) is 5.28 Å². The first kappa shape index (κ1) is 16.6. The van der Waals surface area contributed by atoms with Gasteiger partial charge >= 0.3 is 0 Å². The van der Waals surface area contributed by atoms with Crippen LogP contribution in [-0.4, -0.2) is 21.4 Å². The Balaban J connectivity index is 1.67. The summed E-state index contributed by atoms with van der Waals surface area (Å²) < 4.78 is 0. The fourth-order valence-electron chi connectivity index (χ4n) is 2.54. The number of hydrogen-bond donors (Lipinski definition) is 3. The van der Waals surface area contributed by atoms with Gasteiger partial charge in [0, 0.05) is 11.4 Å². The Labute approximate surface area is 160 Å². The van der Waals surface area contributed by atoms with E-state index < -0.39 is 5.25 Å². The molecule has 0 amide bonds. The van der Waals surface area contributed by atoms with Crippen molar-refractivity contribution in [3.05, 3.63) is 71.6 Å². The molecule has 3 N–H and O–H groups in total. The highest BCUT2D eigenvalue weighted by Crippen LogP contribution is 2.34. The van der Waals surface area contributed by atoms with Crippen molar-refractivity contribution >= 4 is 52.3 Å². The molecule has 0 bridgehead atoms. The number of aliphatic imine (C=N–C) groups is 1. The number of hydrogen-bond acceptors (Lipinski definition) is 6. The molecule has 6 nitrogen and oxygen atoms in total. The van der Waals surface area contributed by atoms with Crippen molar-refractivity contribution in [2.45, 2.75) is 5.25 Å². The van der Waals surface area contributed by atoms with Crippen LogP contribution >= 0.6 is 23.2 Å². The van der Waals surface area contributed by atoms with Crippen molar-refractivity contribution in [2.24, 2.45) is 4.99 Å². The molecule has 0 aliphatic carbocycles. The van der Waals surface area contributed by atoms with E-state index in [1.807, 2.05) is 60.7 Å². The smallest absolute Gasteiger partial charge is 0.286 e. The number of anilines is 4. The Morgan fingerprint density at radius 1 is 0.885 bits per heavy atom. The third-order valence-electron chi connectivity index (χ3n) is 3.69. The van der Waals surface area contributed by atoms with Gasteiger partial charge in [0.2, 0.25) is 5.28 Å². The summed E-state index contributed by atoms with van der Waals surface area (Å²) in [6, 6.07) is 19.2. The van der Waals surface area contributed by atoms with E-state index in [4.69, 9.17) is 23.2 Å². The minimum atomic E-state index is -1.27. The molecule has 0 fully saturated rings. The molecule has 26 heavy (non-hydrogen) atoms. The van der Waals surface area contributed by atoms with E-state index in [-0.39, 0.29) is 5.28 Å². The molecule has 8 heteroatoms. The average Bonchev–Trinajstić information content (AvgIpc) is 2.64. The number of para-hydroxylation sites is 2. The number of nitrogens with one attached hydrogen (secondary N) is 3. The molecule has 4 rings (SSSR count). The van der Waals surface area contributed by atoms with Crippen LogP contribution in [0, 0.1) is 0 Å². The predicted molar refractivity (Wildman–Crippen MR) is 107 cm³/mol. The Morgan fingerprint density at radius 3 is 2.23 bits per heavy atom. The average molecular weight is 385 g/mol. The van der Waals surface area contributed by atoms with Gasteiger partial charge in [-0.25, -0.2) is 9.98 Å². The molecule has 0 spiro atoms. The molecule has 1 aliphatic heterocycles. The van der Waals surface area contributed by atoms with E-state index in [2.05, 4.69) is 30.9 Å². The summed E-state index contributed by atoms with van der Waals surface area (Å²) in [5.41, 5.74) is 2.84. The summed E-state index contributed by atoms with van der Waals surface area (Å²) in [4.78, 5) is 12.8. The van der Waals surface area contributed by atoms with Crippen LogP contribution in [0.25, 0.3) is 0 Å². The van der Waals surface area contributed by atoms with Crippen molar-refractivity contribution in [2.75, 3.05) is 16.0 Å². The van der Waals surface area contributed by atoms with Crippen LogP contribution < -0.4 is 16.0 Å². The molecule has 1 aliphatic rings. The monoisotopic (exact) mass is 384 g/mol. The van der Waals surface area contributed by atoms with Gasteiger partial charge < -0.3 is 16.0 Å². The van der Waals surface area contributed by atoms with Gasteiger partial charge in [-0.15, -0.1) is 0 Å². The van der Waals surface area contributed by atoms with Crippen molar-refractivity contribution in [1.82, 2.24) is 9.97 Å². The van der Waals surface area contributed by atoms with Gasteiger partial charge in [-0.2, -0.15) is 4.98 Å². The topological polar surface area (TPSA) is 74.2 Å². The molecule has 0 radical (unpaired) electrons. The summed E-state index contributed by atoms with van der Waals surface area (Å²) in [7, 11) is 0. The molecule has 130 valence electrons. The SMILES string of the molecule is Clc1nc2c(c(Nc3ccccc3)n1)NC(Cl)(Nc1ccccc1)N=C2. The maximum Gasteiger partial charge on any atom is 0.286 e. The van der Waals surface area contributed by atoms with Crippen molar-refractivity contribution in [3.63, 3.8) is 0 Å². The zero-order chi connectivity index (χ0) is 18.0. The van der Waals surface area contributed by atoms with Gasteiger partial charge in [0.15, 0.2) is 5.82 Å². The lowest BCUT2D eigenvalue weighted by Crippen LogP contribution is -2.41. The van der Waals surface area contributed by atoms with Gasteiger partial charge in [-0.3, -0.25) is 0 Å². The summed E-state index contributed by atoms with van der Waals surface area (Å²) in [5.74, 6) is 0.511. The molecule has 3 aromatic rings. The largest absolute Gasteiger partial charge is 0.338 e. The van der Waals surface area contributed by atoms with Gasteiger partial charge in [-0.1, -0.05) is 36.4 Å². The number of fused-ring (bicyclic) bond motifs is 1. The number of alkyl halides is 1. The van der Waals surface area contributed by atoms with Crippen LogP contribution in [0.1, 0.15) is 5.69 Å². The molecule has 1 atom stereocenters. The fourth-order valence-corrected chi connectivity index (χ4v) is 2.97. The number of nitrogens with zero attached hydrogens (tertiary/aromatic N) is 3. The highest BCUT2D eigenvalue weighted by molar-refractivity contribution is 6.29. The van der Waals surface area contributed by atoms with Crippen molar-refractivity contribution < 1.29 is 0 Å². The number of halogens is 2. The number of rotatable bonds is 4. The summed E-state index contributed by atoms with van der Waals surface area (Å²) in [5, 5.41) is 8.37. The maximum absolute atomic E-state index is 6.62. The summed E-state index contributed by atoms with van der Waals surface area (Å²) in [6.45, 7) is 0. The zero-order valence-electron chi connectivity index (χ0n) is 13.4. The van der Waals surface area contributed by atoms with E-state index >= 15 is 0 Å². The number of aromatic nitrogens is 2. The van der Waals surface area contributed by atoms with Crippen LogP contribution in [0.3, 0.4) is 0 Å². The second kappa shape index (κ2) is 6.82. The normalized spacial score (nSPS) is 17.9. The quantitative estimate of drug-likeness (QED) is 0.346. The summed E-state index contributed by atoms with van der Waals surface area (Å²) in [6.07, 6.45) is 1.57. The highest BCUT2D eigenvalue weighted by Gasteiger charge is 2.32. The van der Waals surface area contributed by atoms with Gasteiger partial charge in [-0.05, 0) is 47.5 Å². The van der Waals surface area contributed by atoms with Gasteiger partial charge in [0.1, 0.15) is 11.4 Å². The third-order valence-corrected chi connectivity index (χ3v) is 4.14. The molecule has 0 saturated carbocycles. The Bertz CT molecular complexity index is 949. The minimum Gasteiger partial charge on any atom is -0.338 e. The Hall–Kier alpha value is -2.83. The van der Waals surface area contributed by atoms with Gasteiger partial charge in [0.25, 0.3) is 5.25 Å². The van der Waals surface area contributed by atoms with E-state index in [1.54, 1.807) is 6.21 Å². The molecule has 1 unspecified atom stereocenters. The van der Waals surface area contributed by atoms with E-state index in [9.17, 15) is 0 Å². The molecule has 2 aromatic carbocycles. The number of benzene rings is 2. The lowest BCUT2D eigenvalue weighted by Gasteiger charge is -2.31. The van der Waals surface area contributed by atoms with Crippen LogP contribution in [-0.2, 0) is 0 Å². The zero-order valence-corrected chi connectivity index (χ0v) is 15.0. The Morgan fingerprint density at radius 2 is 1.54 bits per heavy atom. The van der Waals surface area contributed by atoms with Crippen LogP contribution in [0.4, 0.5) is 22.9 Å². The highest BCUT2D eigenvalue weighted by atomic mass is 35.5. The van der Waals surface area contributed by atoms with Crippen LogP contribution in [0.15, 0.2) is 65.7 Å². The third kappa shape index (κ3) is 3.56. The first-order chi connectivity index (χ1) is 12.6. The lowest BCUT2D eigenvalue weighted by molar-refractivity contribution is 0.774. The lowest BCUT2D eigenvalue weighted by atomic mass is 10.2. The summed E-state index contributed by atoms with van der Waals surface area (Å²) >= 11 is 12.7. The fraction of sp³-hybridized carbons (Fsp3) is 0.0556. The van der Waals surface area contributed by atoms with Gasteiger partial charge in [0.05, 0.1) is 6.21 Å². The maximum atomic E-state index is 6.62. The van der Waals surface area contributed by atoms with E-state index in [0.717, 1.165) is 11.4 Å². The first-order valence-corrected chi connectivity index (χ1v) is 8.62. The molecule has 1 aromatic heterocycles. The predicted octanol–water partition coefficient (Wildman–Crippen LogP) is 4.68. The second-order valence-electron chi connectivity index (χ2n) is 5.59. The van der Waals surface area contributed by atoms with Crippen molar-refractivity contribution in [1.29, 1.82) is 0 Å². The van der Waals surface area contributed by atoms with Crippen LogP contribution in [0.5, 0.6) is 0 Å². The van der Waals surface area contributed by atoms with E-state index in [1.165, 1.54) is 0 Å². The Kier molecular flexibility index (Phi) is 4.36. The second-order valence-corrected chi connectivity index (χ2v) is 6.47. The molecular weight excluding hydrogens is 371 g/mol. The standard InChI is InChI=1S/C18H14Cl2N6/c19-17-23-14-11-21-18(20,25-13-9-5-2-6-10-13)26-15(14)16(24-17)22-12-7-3-1-4-8-12/h1-11,25-26H,(H,22,23,24).